The number of benzene rings is 3. The minimum atomic E-state index is -0.298. The first kappa shape index (κ1) is 20.1. The molecule has 0 saturated heterocycles. The normalized spacial score (nSPS) is 10.3. The van der Waals surface area contributed by atoms with Gasteiger partial charge in [0.25, 0.3) is 0 Å². The average molecular weight is 394 g/mol. The summed E-state index contributed by atoms with van der Waals surface area (Å²) in [6.07, 6.45) is 0. The van der Waals surface area contributed by atoms with E-state index in [4.69, 9.17) is 18.9 Å². The summed E-state index contributed by atoms with van der Waals surface area (Å²) in [6, 6.07) is 17.5. The Hall–Kier alpha value is -3.67. The molecule has 0 unspecified atom stereocenters. The summed E-state index contributed by atoms with van der Waals surface area (Å²) in [5.41, 5.74) is 1.65. The van der Waals surface area contributed by atoms with Crippen molar-refractivity contribution in [1.82, 2.24) is 0 Å². The van der Waals surface area contributed by atoms with Crippen molar-refractivity contribution in [1.29, 1.82) is 0 Å². The van der Waals surface area contributed by atoms with Gasteiger partial charge in [-0.2, -0.15) is 0 Å². The largest absolute Gasteiger partial charge is 0.504 e. The highest BCUT2D eigenvalue weighted by Gasteiger charge is 2.18. The Labute approximate surface area is 169 Å². The van der Waals surface area contributed by atoms with E-state index in [1.807, 2.05) is 30.3 Å². The lowest BCUT2D eigenvalue weighted by atomic mass is 10.0. The zero-order chi connectivity index (χ0) is 20.8. The van der Waals surface area contributed by atoms with Crippen molar-refractivity contribution >= 4 is 5.78 Å². The van der Waals surface area contributed by atoms with Gasteiger partial charge < -0.3 is 24.1 Å². The summed E-state index contributed by atoms with van der Waals surface area (Å²) >= 11 is 0. The van der Waals surface area contributed by atoms with Gasteiger partial charge in [-0.1, -0.05) is 30.3 Å². The van der Waals surface area contributed by atoms with Crippen molar-refractivity contribution in [2.75, 3.05) is 21.3 Å². The minimum Gasteiger partial charge on any atom is -0.504 e. The van der Waals surface area contributed by atoms with E-state index < -0.39 is 0 Å². The molecule has 0 aliphatic rings. The van der Waals surface area contributed by atoms with Crippen LogP contribution in [-0.4, -0.2) is 32.2 Å². The molecule has 0 heterocycles. The van der Waals surface area contributed by atoms with Crippen LogP contribution in [0.3, 0.4) is 0 Å². The molecule has 3 aromatic carbocycles. The van der Waals surface area contributed by atoms with Crippen molar-refractivity contribution in [2.24, 2.45) is 0 Å². The van der Waals surface area contributed by atoms with Crippen LogP contribution in [0.1, 0.15) is 21.5 Å². The number of rotatable bonds is 8. The molecule has 0 fully saturated rings. The maximum absolute atomic E-state index is 13.0. The first-order valence-corrected chi connectivity index (χ1v) is 8.91. The van der Waals surface area contributed by atoms with E-state index in [0.29, 0.717) is 23.7 Å². The number of aromatic hydroxyl groups is 1. The van der Waals surface area contributed by atoms with Gasteiger partial charge in [0.1, 0.15) is 6.61 Å². The van der Waals surface area contributed by atoms with Gasteiger partial charge >= 0.3 is 0 Å². The number of ketones is 1. The third-order valence-electron chi connectivity index (χ3n) is 4.38. The Morgan fingerprint density at radius 3 is 2.14 bits per heavy atom. The lowest BCUT2D eigenvalue weighted by Crippen LogP contribution is -2.05. The highest BCUT2D eigenvalue weighted by molar-refractivity contribution is 6.10. The molecule has 3 aromatic rings. The van der Waals surface area contributed by atoms with Gasteiger partial charge in [-0.3, -0.25) is 4.79 Å². The summed E-state index contributed by atoms with van der Waals surface area (Å²) in [5.74, 6) is 0.938. The second-order valence-corrected chi connectivity index (χ2v) is 6.20. The molecular weight excluding hydrogens is 372 g/mol. The monoisotopic (exact) mass is 394 g/mol. The van der Waals surface area contributed by atoms with E-state index in [0.717, 1.165) is 5.56 Å². The van der Waals surface area contributed by atoms with Crippen LogP contribution in [0.4, 0.5) is 0 Å². The molecule has 0 saturated carbocycles. The van der Waals surface area contributed by atoms with Gasteiger partial charge in [-0.15, -0.1) is 0 Å². The van der Waals surface area contributed by atoms with Crippen molar-refractivity contribution in [3.05, 3.63) is 77.4 Å². The van der Waals surface area contributed by atoms with E-state index >= 15 is 0 Å². The van der Waals surface area contributed by atoms with E-state index in [1.54, 1.807) is 25.3 Å². The summed E-state index contributed by atoms with van der Waals surface area (Å²) in [7, 11) is 4.39. The number of ether oxygens (including phenoxy) is 4. The number of carbonyl (C=O) groups excluding carboxylic acids is 1. The highest BCUT2D eigenvalue weighted by Crippen LogP contribution is 2.38. The van der Waals surface area contributed by atoms with Crippen molar-refractivity contribution in [3.8, 4) is 28.7 Å². The van der Waals surface area contributed by atoms with E-state index in [1.165, 1.54) is 26.4 Å². The van der Waals surface area contributed by atoms with Crippen LogP contribution < -0.4 is 18.9 Å². The summed E-state index contributed by atoms with van der Waals surface area (Å²) in [6.45, 7) is 0.339. The van der Waals surface area contributed by atoms with Gasteiger partial charge in [0, 0.05) is 11.1 Å². The third kappa shape index (κ3) is 4.43. The van der Waals surface area contributed by atoms with E-state index in [2.05, 4.69) is 0 Å². The molecule has 0 amide bonds. The summed E-state index contributed by atoms with van der Waals surface area (Å²) in [4.78, 5) is 13.0. The van der Waals surface area contributed by atoms with Crippen LogP contribution in [0.2, 0.25) is 0 Å². The quantitative estimate of drug-likeness (QED) is 0.577. The molecule has 3 rings (SSSR count). The summed E-state index contributed by atoms with van der Waals surface area (Å²) in [5, 5.41) is 10.1. The van der Waals surface area contributed by atoms with Crippen LogP contribution in [0.25, 0.3) is 0 Å². The Kier molecular flexibility index (Phi) is 6.24. The van der Waals surface area contributed by atoms with Crippen LogP contribution in [-0.2, 0) is 6.61 Å². The number of hydrogen-bond acceptors (Lipinski definition) is 6. The number of hydrogen-bond donors (Lipinski definition) is 1. The molecule has 0 atom stereocenters. The molecule has 0 spiro atoms. The van der Waals surface area contributed by atoms with E-state index in [9.17, 15) is 9.90 Å². The molecule has 0 radical (unpaired) electrons. The molecule has 0 bridgehead atoms. The molecule has 150 valence electrons. The van der Waals surface area contributed by atoms with Gasteiger partial charge in [0.05, 0.1) is 21.3 Å². The van der Waals surface area contributed by atoms with Crippen molar-refractivity contribution < 1.29 is 28.8 Å². The maximum atomic E-state index is 13.0. The van der Waals surface area contributed by atoms with Crippen LogP contribution >= 0.6 is 0 Å². The minimum absolute atomic E-state index is 0.172. The third-order valence-corrected chi connectivity index (χ3v) is 4.38. The highest BCUT2D eigenvalue weighted by atomic mass is 16.5. The van der Waals surface area contributed by atoms with Crippen molar-refractivity contribution in [3.63, 3.8) is 0 Å². The van der Waals surface area contributed by atoms with Crippen molar-refractivity contribution in [2.45, 2.75) is 6.61 Å². The standard InChI is InChI=1S/C23H22O6/c1-26-19-10-9-16(12-20(19)29-14-15-7-5-4-6-8-15)22(25)17-11-18(24)23(28-3)21(13-17)27-2/h4-13,24H,14H2,1-3H3. The van der Waals surface area contributed by atoms with Crippen LogP contribution in [0.15, 0.2) is 60.7 Å². The molecule has 0 aliphatic carbocycles. The second-order valence-electron chi connectivity index (χ2n) is 6.20. The van der Waals surface area contributed by atoms with Gasteiger partial charge in [-0.05, 0) is 35.9 Å². The summed E-state index contributed by atoms with van der Waals surface area (Å²) < 4.78 is 21.5. The molecule has 1 N–H and O–H groups in total. The molecule has 0 aromatic heterocycles. The number of carbonyl (C=O) groups is 1. The second kappa shape index (κ2) is 9.01. The Morgan fingerprint density at radius 1 is 0.793 bits per heavy atom. The molecular formula is C23H22O6. The zero-order valence-corrected chi connectivity index (χ0v) is 16.5. The Balaban J connectivity index is 1.90. The Morgan fingerprint density at radius 2 is 1.48 bits per heavy atom. The average Bonchev–Trinajstić information content (AvgIpc) is 2.77. The molecule has 29 heavy (non-hydrogen) atoms. The predicted molar refractivity (Wildman–Crippen MR) is 108 cm³/mol. The fourth-order valence-electron chi connectivity index (χ4n) is 2.91. The van der Waals surface area contributed by atoms with Crippen LogP contribution in [0, 0.1) is 0 Å². The number of methoxy groups -OCH3 is 3. The molecule has 6 nitrogen and oxygen atoms in total. The Bertz CT molecular complexity index is 998. The van der Waals surface area contributed by atoms with Gasteiger partial charge in [0.2, 0.25) is 5.75 Å². The first-order chi connectivity index (χ1) is 14.1. The van der Waals surface area contributed by atoms with Gasteiger partial charge in [-0.25, -0.2) is 0 Å². The number of phenolic OH excluding ortho intramolecular Hbond substituents is 1. The predicted octanol–water partition coefficient (Wildman–Crippen LogP) is 4.23. The lowest BCUT2D eigenvalue weighted by molar-refractivity contribution is 0.103. The molecule has 0 aliphatic heterocycles. The SMILES string of the molecule is COc1ccc(C(=O)c2cc(O)c(OC)c(OC)c2)cc1OCc1ccccc1. The fraction of sp³-hybridized carbons (Fsp3) is 0.174. The zero-order valence-electron chi connectivity index (χ0n) is 16.5. The number of phenols is 1. The lowest BCUT2D eigenvalue weighted by Gasteiger charge is -2.13. The topological polar surface area (TPSA) is 74.2 Å². The smallest absolute Gasteiger partial charge is 0.203 e. The maximum Gasteiger partial charge on any atom is 0.203 e. The van der Waals surface area contributed by atoms with Crippen LogP contribution in [0.5, 0.6) is 28.7 Å². The fourth-order valence-corrected chi connectivity index (χ4v) is 2.91. The van der Waals surface area contributed by atoms with E-state index in [-0.39, 0.29) is 28.6 Å². The van der Waals surface area contributed by atoms with Gasteiger partial charge in [0.15, 0.2) is 28.8 Å². The molecule has 6 heteroatoms. The first-order valence-electron chi connectivity index (χ1n) is 8.91.